The van der Waals surface area contributed by atoms with Crippen molar-refractivity contribution in [1.82, 2.24) is 10.3 Å². The maximum Gasteiger partial charge on any atom is 0.355 e. The Morgan fingerprint density at radius 3 is 2.95 bits per heavy atom. The van der Waals surface area contributed by atoms with E-state index in [-0.39, 0.29) is 24.7 Å². The van der Waals surface area contributed by atoms with Crippen LogP contribution in [0.25, 0.3) is 10.9 Å². The van der Waals surface area contributed by atoms with Crippen LogP contribution in [-0.4, -0.2) is 40.4 Å². The first-order chi connectivity index (χ1) is 10.7. The third kappa shape index (κ3) is 2.72. The summed E-state index contributed by atoms with van der Waals surface area (Å²) in [5.41, 5.74) is 1.71. The van der Waals surface area contributed by atoms with Gasteiger partial charge in [-0.15, -0.1) is 0 Å². The van der Waals surface area contributed by atoms with Gasteiger partial charge in [-0.05, 0) is 6.07 Å². The zero-order chi connectivity index (χ0) is 15.5. The van der Waals surface area contributed by atoms with Gasteiger partial charge in [-0.2, -0.15) is 0 Å². The van der Waals surface area contributed by atoms with Gasteiger partial charge >= 0.3 is 5.97 Å². The van der Waals surface area contributed by atoms with Crippen LogP contribution in [0.4, 0.5) is 0 Å². The van der Waals surface area contributed by atoms with Crippen molar-refractivity contribution in [2.24, 2.45) is 0 Å². The molecule has 1 atom stereocenters. The number of ether oxygens (including phenoxy) is 1. The Morgan fingerprint density at radius 1 is 1.32 bits per heavy atom. The lowest BCUT2D eigenvalue weighted by Crippen LogP contribution is -2.32. The van der Waals surface area contributed by atoms with Gasteiger partial charge in [-0.1, -0.05) is 30.0 Å². The molecule has 1 aromatic carbocycles. The van der Waals surface area contributed by atoms with Crippen LogP contribution in [-0.2, 0) is 9.53 Å². The number of thioether (sulfide) groups is 1. The molecule has 2 heterocycles. The quantitative estimate of drug-likeness (QED) is 0.570. The van der Waals surface area contributed by atoms with Crippen LogP contribution in [0.2, 0.25) is 0 Å². The Bertz CT molecular complexity index is 753. The van der Waals surface area contributed by atoms with E-state index < -0.39 is 11.3 Å². The molecule has 0 aliphatic carbocycles. The van der Waals surface area contributed by atoms with Crippen molar-refractivity contribution in [1.29, 1.82) is 0 Å². The van der Waals surface area contributed by atoms with Gasteiger partial charge in [-0.25, -0.2) is 4.79 Å². The summed E-state index contributed by atoms with van der Waals surface area (Å²) in [5.74, 6) is -0.681. The molecular weight excluding hydrogens is 304 g/mol. The second-order valence-electron chi connectivity index (χ2n) is 4.66. The van der Waals surface area contributed by atoms with Gasteiger partial charge in [-0.3, -0.25) is 4.79 Å². The Labute approximate surface area is 130 Å². The van der Waals surface area contributed by atoms with Crippen molar-refractivity contribution >= 4 is 34.4 Å². The van der Waals surface area contributed by atoms with Crippen LogP contribution in [0.3, 0.4) is 0 Å². The smallest absolute Gasteiger partial charge is 0.355 e. The number of rotatable bonds is 5. The number of nitrogens with one attached hydrogen (secondary N) is 2. The zero-order valence-corrected chi connectivity index (χ0v) is 12.4. The maximum atomic E-state index is 12.6. The first-order valence-corrected chi connectivity index (χ1v) is 7.65. The monoisotopic (exact) mass is 318 g/mol. The number of ketones is 1. The fourth-order valence-electron chi connectivity index (χ4n) is 2.21. The van der Waals surface area contributed by atoms with E-state index in [2.05, 4.69) is 10.3 Å². The van der Waals surface area contributed by atoms with E-state index in [1.54, 1.807) is 11.6 Å². The molecule has 0 saturated heterocycles. The number of benzene rings is 1. The van der Waals surface area contributed by atoms with Gasteiger partial charge in [0.2, 0.25) is 0 Å². The molecule has 7 heteroatoms. The number of carbonyl (C=O) groups excluding carboxylic acids is 2. The molecule has 0 spiro atoms. The molecule has 2 aromatic rings. The lowest BCUT2D eigenvalue weighted by molar-refractivity contribution is -0.140. The van der Waals surface area contributed by atoms with Crippen molar-refractivity contribution in [2.45, 2.75) is 5.37 Å². The van der Waals surface area contributed by atoms with Crippen molar-refractivity contribution in [2.75, 3.05) is 13.2 Å². The highest BCUT2D eigenvalue weighted by Crippen LogP contribution is 2.27. The van der Waals surface area contributed by atoms with Crippen LogP contribution in [0.5, 0.6) is 0 Å². The highest BCUT2D eigenvalue weighted by Gasteiger charge is 2.29. The van der Waals surface area contributed by atoms with Crippen molar-refractivity contribution in [3.63, 3.8) is 0 Å². The summed E-state index contributed by atoms with van der Waals surface area (Å²) in [5, 5.41) is 13.4. The van der Waals surface area contributed by atoms with Gasteiger partial charge in [0, 0.05) is 28.1 Å². The molecule has 1 aromatic heterocycles. The lowest BCUT2D eigenvalue weighted by Gasteiger charge is -2.11. The lowest BCUT2D eigenvalue weighted by atomic mass is 10.1. The minimum atomic E-state index is -0.573. The van der Waals surface area contributed by atoms with E-state index in [1.165, 1.54) is 11.8 Å². The molecule has 1 aliphatic rings. The number of fused-ring (bicyclic) bond motifs is 1. The molecule has 114 valence electrons. The number of aliphatic hydroxyl groups excluding tert-OH is 1. The molecule has 1 unspecified atom stereocenters. The molecule has 1 aliphatic heterocycles. The van der Waals surface area contributed by atoms with E-state index in [4.69, 9.17) is 9.84 Å². The third-order valence-electron chi connectivity index (χ3n) is 3.25. The van der Waals surface area contributed by atoms with E-state index >= 15 is 0 Å². The summed E-state index contributed by atoms with van der Waals surface area (Å²) in [6, 6.07) is 7.55. The molecular formula is C15H14N2O4S. The molecule has 0 radical (unpaired) electrons. The number of H-pyrrole nitrogens is 1. The largest absolute Gasteiger partial charge is 0.459 e. The Morgan fingerprint density at radius 2 is 2.14 bits per heavy atom. The van der Waals surface area contributed by atoms with Crippen LogP contribution in [0, 0.1) is 0 Å². The SMILES string of the molecule is O=C(OCCO)C1=CSC(C(=O)c2c[nH]c3ccccc23)N1. The topological polar surface area (TPSA) is 91.4 Å². The zero-order valence-electron chi connectivity index (χ0n) is 11.5. The Kier molecular flexibility index (Phi) is 4.17. The highest BCUT2D eigenvalue weighted by atomic mass is 32.2. The molecule has 0 amide bonds. The van der Waals surface area contributed by atoms with Crippen molar-refractivity contribution < 1.29 is 19.4 Å². The number of esters is 1. The predicted octanol–water partition coefficient (Wildman–Crippen LogP) is 1.39. The van der Waals surface area contributed by atoms with Gasteiger partial charge in [0.05, 0.1) is 6.61 Å². The van der Waals surface area contributed by atoms with E-state index in [0.717, 1.165) is 10.9 Å². The van der Waals surface area contributed by atoms with Crippen molar-refractivity contribution in [3.8, 4) is 0 Å². The fraction of sp³-hybridized carbons (Fsp3) is 0.200. The maximum absolute atomic E-state index is 12.6. The second kappa shape index (κ2) is 6.25. The number of para-hydroxylation sites is 1. The van der Waals surface area contributed by atoms with Crippen LogP contribution < -0.4 is 5.32 Å². The number of Topliss-reactive ketones (excluding diaryl/α,β-unsaturated/α-hetero) is 1. The average Bonchev–Trinajstić information content (AvgIpc) is 3.19. The van der Waals surface area contributed by atoms with Gasteiger partial charge in [0.15, 0.2) is 5.78 Å². The first kappa shape index (κ1) is 14.7. The number of carbonyl (C=O) groups is 2. The molecule has 22 heavy (non-hydrogen) atoms. The van der Waals surface area contributed by atoms with E-state index in [0.29, 0.717) is 5.56 Å². The number of hydrogen-bond acceptors (Lipinski definition) is 6. The first-order valence-electron chi connectivity index (χ1n) is 6.71. The van der Waals surface area contributed by atoms with Gasteiger partial charge < -0.3 is 20.1 Å². The van der Waals surface area contributed by atoms with Gasteiger partial charge in [0.25, 0.3) is 0 Å². The Balaban J connectivity index is 1.71. The summed E-state index contributed by atoms with van der Waals surface area (Å²) >= 11 is 1.23. The van der Waals surface area contributed by atoms with Crippen LogP contribution in [0.15, 0.2) is 41.6 Å². The minimum absolute atomic E-state index is 0.0659. The van der Waals surface area contributed by atoms with Crippen LogP contribution >= 0.6 is 11.8 Å². The molecule has 3 N–H and O–H groups in total. The highest BCUT2D eigenvalue weighted by molar-refractivity contribution is 8.03. The summed E-state index contributed by atoms with van der Waals surface area (Å²) in [6.45, 7) is -0.298. The molecule has 0 saturated carbocycles. The normalized spacial score (nSPS) is 17.1. The number of hydrogen-bond donors (Lipinski definition) is 3. The Hall–Kier alpha value is -2.25. The molecule has 0 bridgehead atoms. The van der Waals surface area contributed by atoms with Crippen molar-refractivity contribution in [3.05, 3.63) is 47.1 Å². The standard InChI is InChI=1S/C15H14N2O4S/c18-5-6-21-15(20)12-8-22-14(17-12)13(19)10-7-16-11-4-2-1-3-9(10)11/h1-4,7-8,14,16-18H,5-6H2. The molecule has 3 rings (SSSR count). The third-order valence-corrected chi connectivity index (χ3v) is 4.22. The minimum Gasteiger partial charge on any atom is -0.459 e. The molecule has 0 fully saturated rings. The summed E-state index contributed by atoms with van der Waals surface area (Å²) in [7, 11) is 0. The second-order valence-corrected chi connectivity index (χ2v) is 5.64. The summed E-state index contributed by atoms with van der Waals surface area (Å²) < 4.78 is 4.81. The number of aliphatic hydroxyl groups is 1. The number of aromatic nitrogens is 1. The number of aromatic amines is 1. The average molecular weight is 318 g/mol. The van der Waals surface area contributed by atoms with E-state index in [9.17, 15) is 9.59 Å². The molecule has 6 nitrogen and oxygen atoms in total. The van der Waals surface area contributed by atoms with Gasteiger partial charge in [0.1, 0.15) is 17.7 Å². The van der Waals surface area contributed by atoms with Crippen LogP contribution in [0.1, 0.15) is 10.4 Å². The fourth-order valence-corrected chi connectivity index (χ4v) is 3.09. The predicted molar refractivity (Wildman–Crippen MR) is 83.3 cm³/mol. The summed E-state index contributed by atoms with van der Waals surface area (Å²) in [4.78, 5) is 27.3. The summed E-state index contributed by atoms with van der Waals surface area (Å²) in [6.07, 6.45) is 1.68. The van der Waals surface area contributed by atoms with E-state index in [1.807, 2.05) is 24.3 Å².